The maximum Gasteiger partial charge on any atom is 0.247 e. The maximum absolute atomic E-state index is 12.2. The first-order chi connectivity index (χ1) is 12.7. The van der Waals surface area contributed by atoms with Gasteiger partial charge in [-0.05, 0) is 32.0 Å². The number of carbonyl (C=O) groups is 1. The summed E-state index contributed by atoms with van der Waals surface area (Å²) < 4.78 is 26.5. The third-order valence-electron chi connectivity index (χ3n) is 3.63. The van der Waals surface area contributed by atoms with Crippen LogP contribution in [0.1, 0.15) is 11.4 Å². The number of nitrogens with zero attached hydrogens (tertiary/aromatic N) is 3. The lowest BCUT2D eigenvalue weighted by molar-refractivity contribution is -0.116. The quantitative estimate of drug-likeness (QED) is 0.656. The number of sulfonamides is 1. The number of hydrogen-bond donors (Lipinski definition) is 2. The van der Waals surface area contributed by atoms with Gasteiger partial charge in [0.1, 0.15) is 6.54 Å². The summed E-state index contributed by atoms with van der Waals surface area (Å²) in [5.41, 5.74) is 3.79. The number of hydrogen-bond acceptors (Lipinski definition) is 6. The molecule has 1 amide bonds. The lowest BCUT2D eigenvalue weighted by atomic mass is 10.1. The third-order valence-corrected chi connectivity index (χ3v) is 5.00. The van der Waals surface area contributed by atoms with E-state index in [2.05, 4.69) is 20.1 Å². The molecule has 0 spiro atoms. The lowest BCUT2D eigenvalue weighted by Gasteiger charge is -2.05. The highest BCUT2D eigenvalue weighted by atomic mass is 32.2. The summed E-state index contributed by atoms with van der Waals surface area (Å²) in [5.74, 6) is -0.199. The molecule has 0 aliphatic heterocycles. The summed E-state index contributed by atoms with van der Waals surface area (Å²) in [4.78, 5) is 16.6. The van der Waals surface area contributed by atoms with E-state index in [0.717, 1.165) is 23.2 Å². The van der Waals surface area contributed by atoms with Crippen LogP contribution in [0.25, 0.3) is 11.3 Å². The fraction of sp³-hybridized carbons (Fsp3) is 0.235. The molecule has 0 bridgehead atoms. The molecule has 0 radical (unpaired) electrons. The number of thiazole rings is 1. The molecule has 1 aromatic carbocycles. The predicted molar refractivity (Wildman–Crippen MR) is 106 cm³/mol. The fourth-order valence-corrected chi connectivity index (χ4v) is 3.82. The van der Waals surface area contributed by atoms with Crippen LogP contribution in [0, 0.1) is 13.8 Å². The summed E-state index contributed by atoms with van der Waals surface area (Å²) in [6.07, 6.45) is 1.10. The molecule has 142 valence electrons. The van der Waals surface area contributed by atoms with Gasteiger partial charge in [-0.25, -0.2) is 13.4 Å². The van der Waals surface area contributed by atoms with E-state index in [4.69, 9.17) is 0 Å². The SMILES string of the molecule is Cc1cc(C)n(CC(=O)Nc2nc(-c3ccc(NS(C)(=O)=O)cc3)cs2)n1. The molecule has 0 fully saturated rings. The highest BCUT2D eigenvalue weighted by molar-refractivity contribution is 7.92. The van der Waals surface area contributed by atoms with Crippen LogP contribution >= 0.6 is 11.3 Å². The van der Waals surface area contributed by atoms with Gasteiger partial charge in [0, 0.05) is 22.3 Å². The molecule has 3 rings (SSSR count). The first kappa shape index (κ1) is 19.1. The molecule has 8 nitrogen and oxygen atoms in total. The first-order valence-electron chi connectivity index (χ1n) is 8.04. The minimum atomic E-state index is -3.31. The van der Waals surface area contributed by atoms with Gasteiger partial charge in [0.2, 0.25) is 15.9 Å². The van der Waals surface area contributed by atoms with E-state index in [9.17, 15) is 13.2 Å². The number of amides is 1. The maximum atomic E-state index is 12.2. The van der Waals surface area contributed by atoms with Crippen molar-refractivity contribution < 1.29 is 13.2 Å². The second kappa shape index (κ2) is 7.49. The standard InChI is InChI=1S/C17H19N5O3S2/c1-11-8-12(2)22(20-11)9-16(23)19-17-18-15(10-26-17)13-4-6-14(7-5-13)21-27(3,24)25/h4-8,10,21H,9H2,1-3H3,(H,18,19,23). The van der Waals surface area contributed by atoms with E-state index in [1.807, 2.05) is 25.3 Å². The van der Waals surface area contributed by atoms with Crippen LogP contribution in [0.5, 0.6) is 0 Å². The minimum Gasteiger partial charge on any atom is -0.300 e. The molecule has 2 heterocycles. The molecule has 0 atom stereocenters. The van der Waals surface area contributed by atoms with Crippen molar-refractivity contribution in [3.63, 3.8) is 0 Å². The molecule has 0 saturated heterocycles. The van der Waals surface area contributed by atoms with E-state index >= 15 is 0 Å². The van der Waals surface area contributed by atoms with Gasteiger partial charge in [0.15, 0.2) is 5.13 Å². The third kappa shape index (κ3) is 5.14. The highest BCUT2D eigenvalue weighted by Gasteiger charge is 2.11. The van der Waals surface area contributed by atoms with E-state index < -0.39 is 10.0 Å². The van der Waals surface area contributed by atoms with Gasteiger partial charge in [0.25, 0.3) is 0 Å². The van der Waals surface area contributed by atoms with Crippen molar-refractivity contribution in [3.05, 3.63) is 47.1 Å². The number of carbonyl (C=O) groups excluding carboxylic acids is 1. The monoisotopic (exact) mass is 405 g/mol. The second-order valence-corrected chi connectivity index (χ2v) is 8.73. The largest absolute Gasteiger partial charge is 0.300 e. The van der Waals surface area contributed by atoms with E-state index in [1.54, 1.807) is 28.9 Å². The molecule has 0 aliphatic rings. The van der Waals surface area contributed by atoms with Gasteiger partial charge < -0.3 is 5.32 Å². The number of benzene rings is 1. The minimum absolute atomic E-state index is 0.125. The van der Waals surface area contributed by atoms with Crippen molar-refractivity contribution in [1.29, 1.82) is 0 Å². The number of nitrogens with one attached hydrogen (secondary N) is 2. The van der Waals surface area contributed by atoms with E-state index in [-0.39, 0.29) is 12.5 Å². The van der Waals surface area contributed by atoms with E-state index in [1.165, 1.54) is 11.3 Å². The molecule has 0 aliphatic carbocycles. The number of aromatic nitrogens is 3. The predicted octanol–water partition coefficient (Wildman–Crippen LogP) is 2.63. The van der Waals surface area contributed by atoms with Crippen LogP contribution in [0.4, 0.5) is 10.8 Å². The topological polar surface area (TPSA) is 106 Å². The summed E-state index contributed by atoms with van der Waals surface area (Å²) in [5, 5.41) is 9.37. The Hall–Kier alpha value is -2.72. The van der Waals surface area contributed by atoms with Crippen molar-refractivity contribution in [2.24, 2.45) is 0 Å². The van der Waals surface area contributed by atoms with Gasteiger partial charge in [-0.15, -0.1) is 11.3 Å². The van der Waals surface area contributed by atoms with Crippen molar-refractivity contribution in [2.75, 3.05) is 16.3 Å². The smallest absolute Gasteiger partial charge is 0.247 e. The first-order valence-corrected chi connectivity index (χ1v) is 10.8. The zero-order chi connectivity index (χ0) is 19.6. The van der Waals surface area contributed by atoms with Crippen LogP contribution in [-0.4, -0.2) is 35.3 Å². The van der Waals surface area contributed by atoms with Crippen molar-refractivity contribution in [3.8, 4) is 11.3 Å². The van der Waals surface area contributed by atoms with Crippen LogP contribution < -0.4 is 10.0 Å². The zero-order valence-corrected chi connectivity index (χ0v) is 16.7. The van der Waals surface area contributed by atoms with Gasteiger partial charge in [-0.3, -0.25) is 14.2 Å². The van der Waals surface area contributed by atoms with Gasteiger partial charge in [-0.2, -0.15) is 5.10 Å². The van der Waals surface area contributed by atoms with Crippen LogP contribution in [0.3, 0.4) is 0 Å². The Labute approximate surface area is 161 Å². The average molecular weight is 406 g/mol. The Morgan fingerprint density at radius 3 is 2.52 bits per heavy atom. The number of rotatable bonds is 6. The Bertz CT molecular complexity index is 1070. The molecule has 10 heteroatoms. The summed E-state index contributed by atoms with van der Waals surface area (Å²) >= 11 is 1.32. The lowest BCUT2D eigenvalue weighted by Crippen LogP contribution is -2.20. The average Bonchev–Trinajstić information content (AvgIpc) is 3.13. The molecule has 0 saturated carbocycles. The van der Waals surface area contributed by atoms with Gasteiger partial charge in [0.05, 0.1) is 17.6 Å². The summed E-state index contributed by atoms with van der Waals surface area (Å²) in [6.45, 7) is 3.91. The van der Waals surface area contributed by atoms with Crippen molar-refractivity contribution in [1.82, 2.24) is 14.8 Å². The highest BCUT2D eigenvalue weighted by Crippen LogP contribution is 2.26. The summed E-state index contributed by atoms with van der Waals surface area (Å²) in [7, 11) is -3.31. The molecular formula is C17H19N5O3S2. The Morgan fingerprint density at radius 2 is 1.93 bits per heavy atom. The Kier molecular flexibility index (Phi) is 5.29. The number of anilines is 2. The zero-order valence-electron chi connectivity index (χ0n) is 15.1. The van der Waals surface area contributed by atoms with E-state index in [0.29, 0.717) is 16.5 Å². The van der Waals surface area contributed by atoms with Gasteiger partial charge in [-0.1, -0.05) is 12.1 Å². The molecule has 2 aromatic heterocycles. The second-order valence-electron chi connectivity index (χ2n) is 6.12. The van der Waals surface area contributed by atoms with Crippen molar-refractivity contribution in [2.45, 2.75) is 20.4 Å². The number of aryl methyl sites for hydroxylation is 2. The Morgan fingerprint density at radius 1 is 1.22 bits per heavy atom. The van der Waals surface area contributed by atoms with Crippen LogP contribution in [-0.2, 0) is 21.4 Å². The molecule has 3 aromatic rings. The molecule has 27 heavy (non-hydrogen) atoms. The Balaban J connectivity index is 1.66. The summed E-state index contributed by atoms with van der Waals surface area (Å²) in [6, 6.07) is 8.78. The molecular weight excluding hydrogens is 386 g/mol. The van der Waals surface area contributed by atoms with Crippen molar-refractivity contribution >= 4 is 38.1 Å². The molecule has 0 unspecified atom stereocenters. The van der Waals surface area contributed by atoms with Crippen LogP contribution in [0.15, 0.2) is 35.7 Å². The van der Waals surface area contributed by atoms with Gasteiger partial charge >= 0.3 is 0 Å². The molecule has 2 N–H and O–H groups in total. The fourth-order valence-electron chi connectivity index (χ4n) is 2.52. The van der Waals surface area contributed by atoms with Crippen LogP contribution in [0.2, 0.25) is 0 Å². The normalized spacial score (nSPS) is 11.4.